The number of rotatable bonds is 1. The van der Waals surface area contributed by atoms with Gasteiger partial charge in [0, 0.05) is 6.07 Å². The summed E-state index contributed by atoms with van der Waals surface area (Å²) in [5, 5.41) is 9.16. The summed E-state index contributed by atoms with van der Waals surface area (Å²) in [6, 6.07) is 4.83. The molecule has 0 amide bonds. The largest absolute Gasteiger partial charge is 0.506 e. The van der Waals surface area contributed by atoms with Gasteiger partial charge in [-0.3, -0.25) is 0 Å². The summed E-state index contributed by atoms with van der Waals surface area (Å²) >= 11 is 0. The minimum Gasteiger partial charge on any atom is -0.506 e. The van der Waals surface area contributed by atoms with Gasteiger partial charge in [-0.1, -0.05) is 0 Å². The van der Waals surface area contributed by atoms with Crippen LogP contribution in [0.1, 0.15) is 20.8 Å². The first-order valence-corrected chi connectivity index (χ1v) is 4.16. The van der Waals surface area contributed by atoms with Crippen molar-refractivity contribution in [3.05, 3.63) is 18.2 Å². The lowest BCUT2D eigenvalue weighted by Gasteiger charge is -2.21. The van der Waals surface area contributed by atoms with Gasteiger partial charge < -0.3 is 15.6 Å². The Kier molecular flexibility index (Phi) is 2.36. The SMILES string of the molecule is CC(C)(C)Oc1ccc(O)c(N)c1. The van der Waals surface area contributed by atoms with Crippen molar-refractivity contribution in [1.29, 1.82) is 0 Å². The molecular formula is C10H15NO2. The zero-order valence-corrected chi connectivity index (χ0v) is 8.16. The van der Waals surface area contributed by atoms with Gasteiger partial charge in [-0.05, 0) is 32.9 Å². The predicted molar refractivity (Wildman–Crippen MR) is 52.9 cm³/mol. The lowest BCUT2D eigenvalue weighted by molar-refractivity contribution is 0.131. The molecule has 3 N–H and O–H groups in total. The maximum Gasteiger partial charge on any atom is 0.138 e. The van der Waals surface area contributed by atoms with Gasteiger partial charge in [-0.2, -0.15) is 0 Å². The smallest absolute Gasteiger partial charge is 0.138 e. The second kappa shape index (κ2) is 3.17. The van der Waals surface area contributed by atoms with Crippen LogP contribution in [0.5, 0.6) is 11.5 Å². The number of phenols is 1. The van der Waals surface area contributed by atoms with E-state index in [1.54, 1.807) is 12.1 Å². The molecule has 1 rings (SSSR count). The number of phenolic OH excluding ortho intramolecular Hbond substituents is 1. The summed E-state index contributed by atoms with van der Waals surface area (Å²) in [6.45, 7) is 5.86. The molecule has 3 nitrogen and oxygen atoms in total. The highest BCUT2D eigenvalue weighted by Crippen LogP contribution is 2.27. The average molecular weight is 181 g/mol. The normalized spacial score (nSPS) is 11.3. The third-order valence-electron chi connectivity index (χ3n) is 1.42. The fraction of sp³-hybridized carbons (Fsp3) is 0.400. The number of nitrogen functional groups attached to an aromatic ring is 1. The van der Waals surface area contributed by atoms with Crippen LogP contribution in [-0.4, -0.2) is 10.7 Å². The summed E-state index contributed by atoms with van der Waals surface area (Å²) in [5.41, 5.74) is 5.60. The van der Waals surface area contributed by atoms with Gasteiger partial charge in [0.1, 0.15) is 17.1 Å². The lowest BCUT2D eigenvalue weighted by Crippen LogP contribution is -2.22. The first kappa shape index (κ1) is 9.71. The zero-order chi connectivity index (χ0) is 10.1. The van der Waals surface area contributed by atoms with E-state index in [0.29, 0.717) is 11.4 Å². The highest BCUT2D eigenvalue weighted by molar-refractivity contribution is 5.55. The standard InChI is InChI=1S/C10H15NO2/c1-10(2,3)13-7-4-5-9(12)8(11)6-7/h4-6,12H,11H2,1-3H3. The molecule has 0 saturated heterocycles. The fourth-order valence-corrected chi connectivity index (χ4v) is 0.950. The first-order chi connectivity index (χ1) is 5.88. The van der Waals surface area contributed by atoms with Gasteiger partial charge in [-0.15, -0.1) is 0 Å². The molecule has 13 heavy (non-hydrogen) atoms. The third-order valence-corrected chi connectivity index (χ3v) is 1.42. The molecule has 3 heteroatoms. The van der Waals surface area contributed by atoms with Crippen LogP contribution >= 0.6 is 0 Å². The summed E-state index contributed by atoms with van der Waals surface area (Å²) in [5.74, 6) is 0.754. The van der Waals surface area contributed by atoms with E-state index in [4.69, 9.17) is 15.6 Å². The van der Waals surface area contributed by atoms with Crippen LogP contribution < -0.4 is 10.5 Å². The van der Waals surface area contributed by atoms with Crippen molar-refractivity contribution in [2.75, 3.05) is 5.73 Å². The molecule has 0 aliphatic rings. The Hall–Kier alpha value is -1.38. The summed E-state index contributed by atoms with van der Waals surface area (Å²) in [4.78, 5) is 0. The quantitative estimate of drug-likeness (QED) is 0.515. The summed E-state index contributed by atoms with van der Waals surface area (Å²) in [7, 11) is 0. The molecule has 1 aromatic rings. The number of anilines is 1. The van der Waals surface area contributed by atoms with Gasteiger partial charge >= 0.3 is 0 Å². The van der Waals surface area contributed by atoms with E-state index in [9.17, 15) is 0 Å². The van der Waals surface area contributed by atoms with Gasteiger partial charge in [0.2, 0.25) is 0 Å². The van der Waals surface area contributed by atoms with E-state index < -0.39 is 0 Å². The highest BCUT2D eigenvalue weighted by atomic mass is 16.5. The molecule has 0 aliphatic carbocycles. The van der Waals surface area contributed by atoms with Crippen molar-refractivity contribution in [3.63, 3.8) is 0 Å². The molecule has 0 heterocycles. The van der Waals surface area contributed by atoms with E-state index in [1.165, 1.54) is 6.07 Å². The van der Waals surface area contributed by atoms with Crippen molar-refractivity contribution in [1.82, 2.24) is 0 Å². The minimum atomic E-state index is -0.247. The number of benzene rings is 1. The maximum absolute atomic E-state index is 9.16. The van der Waals surface area contributed by atoms with Crippen LogP contribution in [0.3, 0.4) is 0 Å². The Morgan fingerprint density at radius 2 is 1.92 bits per heavy atom. The Labute approximate surface area is 78.1 Å². The molecule has 0 fully saturated rings. The molecule has 72 valence electrons. The molecular weight excluding hydrogens is 166 g/mol. The van der Waals surface area contributed by atoms with Crippen LogP contribution in [0.4, 0.5) is 5.69 Å². The van der Waals surface area contributed by atoms with Gasteiger partial charge in [0.15, 0.2) is 0 Å². The topological polar surface area (TPSA) is 55.5 Å². The number of aromatic hydroxyl groups is 1. The van der Waals surface area contributed by atoms with Crippen LogP contribution in [-0.2, 0) is 0 Å². The van der Waals surface area contributed by atoms with Crippen LogP contribution in [0, 0.1) is 0 Å². The Balaban J connectivity index is 2.86. The summed E-state index contributed by atoms with van der Waals surface area (Å²) in [6.07, 6.45) is 0. The molecule has 0 bridgehead atoms. The maximum atomic E-state index is 9.16. The van der Waals surface area contributed by atoms with Crippen molar-refractivity contribution < 1.29 is 9.84 Å². The number of nitrogens with two attached hydrogens (primary N) is 1. The van der Waals surface area contributed by atoms with Crippen molar-refractivity contribution in [3.8, 4) is 11.5 Å². The molecule has 1 aromatic carbocycles. The zero-order valence-electron chi connectivity index (χ0n) is 8.16. The Morgan fingerprint density at radius 3 is 2.38 bits per heavy atom. The molecule has 0 radical (unpaired) electrons. The molecule has 0 atom stereocenters. The molecule has 0 aliphatic heterocycles. The van der Waals surface area contributed by atoms with E-state index in [-0.39, 0.29) is 11.4 Å². The Bertz CT molecular complexity index is 302. The van der Waals surface area contributed by atoms with E-state index in [0.717, 1.165) is 0 Å². The van der Waals surface area contributed by atoms with Crippen molar-refractivity contribution >= 4 is 5.69 Å². The molecule has 0 saturated carbocycles. The van der Waals surface area contributed by atoms with Crippen molar-refractivity contribution in [2.45, 2.75) is 26.4 Å². The predicted octanol–water partition coefficient (Wildman–Crippen LogP) is 2.15. The monoisotopic (exact) mass is 181 g/mol. The Morgan fingerprint density at radius 1 is 1.31 bits per heavy atom. The van der Waals surface area contributed by atoms with Gasteiger partial charge in [0.25, 0.3) is 0 Å². The molecule has 0 spiro atoms. The fourth-order valence-electron chi connectivity index (χ4n) is 0.950. The second-order valence-electron chi connectivity index (χ2n) is 3.94. The number of ether oxygens (including phenoxy) is 1. The van der Waals surface area contributed by atoms with Gasteiger partial charge in [0.05, 0.1) is 5.69 Å². The molecule has 0 aromatic heterocycles. The number of hydrogen-bond acceptors (Lipinski definition) is 3. The lowest BCUT2D eigenvalue weighted by atomic mass is 10.2. The van der Waals surface area contributed by atoms with E-state index >= 15 is 0 Å². The second-order valence-corrected chi connectivity index (χ2v) is 3.94. The van der Waals surface area contributed by atoms with Crippen LogP contribution in [0.2, 0.25) is 0 Å². The highest BCUT2D eigenvalue weighted by Gasteiger charge is 2.12. The minimum absolute atomic E-state index is 0.0845. The van der Waals surface area contributed by atoms with Crippen LogP contribution in [0.15, 0.2) is 18.2 Å². The number of hydrogen-bond donors (Lipinski definition) is 2. The average Bonchev–Trinajstić information content (AvgIpc) is 1.94. The summed E-state index contributed by atoms with van der Waals surface area (Å²) < 4.78 is 5.55. The van der Waals surface area contributed by atoms with E-state index in [1.807, 2.05) is 20.8 Å². The third kappa shape index (κ3) is 2.86. The van der Waals surface area contributed by atoms with Gasteiger partial charge in [-0.25, -0.2) is 0 Å². The molecule has 0 unspecified atom stereocenters. The van der Waals surface area contributed by atoms with Crippen molar-refractivity contribution in [2.24, 2.45) is 0 Å². The van der Waals surface area contributed by atoms with Crippen LogP contribution in [0.25, 0.3) is 0 Å². The first-order valence-electron chi connectivity index (χ1n) is 4.16. The van der Waals surface area contributed by atoms with E-state index in [2.05, 4.69) is 0 Å².